The molecule has 2 heterocycles. The number of hydrogen-bond donors (Lipinski definition) is 0. The van der Waals surface area contributed by atoms with Gasteiger partial charge in [-0.25, -0.2) is 19.4 Å². The van der Waals surface area contributed by atoms with Crippen LogP contribution in [-0.2, 0) is 15.1 Å². The van der Waals surface area contributed by atoms with Gasteiger partial charge < -0.3 is 4.74 Å². The van der Waals surface area contributed by atoms with Crippen molar-refractivity contribution in [3.63, 3.8) is 0 Å². The number of nitrogens with zero attached hydrogens (tertiary/aromatic N) is 5. The molecular weight excluding hydrogens is 270 g/mol. The van der Waals surface area contributed by atoms with E-state index < -0.39 is 5.54 Å². The minimum absolute atomic E-state index is 0.248. The average molecular weight is 280 g/mol. The van der Waals surface area contributed by atoms with Gasteiger partial charge in [-0.15, -0.1) is 5.10 Å². The Morgan fingerprint density at radius 1 is 1.42 bits per heavy atom. The Kier molecular flexibility index (Phi) is 2.70. The number of carbonyl (C=O) groups excluding carboxylic acids is 1. The van der Waals surface area contributed by atoms with E-state index in [2.05, 4.69) is 20.3 Å². The van der Waals surface area contributed by atoms with Crippen LogP contribution in [0.3, 0.4) is 0 Å². The van der Waals surface area contributed by atoms with E-state index in [0.29, 0.717) is 24.2 Å². The van der Waals surface area contributed by atoms with Crippen LogP contribution in [0.25, 0.3) is 11.4 Å². The molecule has 3 rings (SSSR count). The van der Waals surface area contributed by atoms with Crippen molar-refractivity contribution in [1.29, 1.82) is 0 Å². The molecule has 0 N–H and O–H groups in total. The Hall–Kier alpha value is -2.02. The van der Waals surface area contributed by atoms with Gasteiger partial charge in [0.15, 0.2) is 10.7 Å². The maximum Gasteiger partial charge on any atom is 0.333 e. The largest absolute Gasteiger partial charge is 0.467 e. The molecule has 2 aromatic rings. The first-order valence-corrected chi connectivity index (χ1v) is 6.03. The van der Waals surface area contributed by atoms with Gasteiger partial charge in [-0.3, -0.25) is 0 Å². The first kappa shape index (κ1) is 12.0. The molecule has 8 heteroatoms. The second-order valence-electron chi connectivity index (χ2n) is 4.27. The lowest BCUT2D eigenvalue weighted by atomic mass is 10.3. The van der Waals surface area contributed by atoms with Gasteiger partial charge in [0.1, 0.15) is 11.4 Å². The van der Waals surface area contributed by atoms with Crippen LogP contribution in [0.1, 0.15) is 12.8 Å². The highest BCUT2D eigenvalue weighted by Gasteiger charge is 2.54. The Morgan fingerprint density at radius 2 is 2.16 bits per heavy atom. The summed E-state index contributed by atoms with van der Waals surface area (Å²) in [6.45, 7) is 0. The Bertz CT molecular complexity index is 638. The number of rotatable bonds is 3. The molecule has 2 aromatic heterocycles. The number of aromatic nitrogens is 5. The molecule has 1 aliphatic rings. The SMILES string of the molecule is COC(=O)C1(n2cc(-c3nccnc3Cl)nn2)CC1. The van der Waals surface area contributed by atoms with Gasteiger partial charge in [0.05, 0.1) is 13.3 Å². The summed E-state index contributed by atoms with van der Waals surface area (Å²) in [5, 5.41) is 8.21. The first-order chi connectivity index (χ1) is 9.17. The van der Waals surface area contributed by atoms with Crippen LogP contribution in [-0.4, -0.2) is 38.0 Å². The average Bonchev–Trinajstić information content (AvgIpc) is 3.10. The van der Waals surface area contributed by atoms with Crippen LogP contribution in [0.2, 0.25) is 5.15 Å². The van der Waals surface area contributed by atoms with Crippen LogP contribution < -0.4 is 0 Å². The van der Waals surface area contributed by atoms with Gasteiger partial charge in [-0.2, -0.15) is 0 Å². The maximum atomic E-state index is 11.7. The van der Waals surface area contributed by atoms with E-state index in [1.165, 1.54) is 24.2 Å². The quantitative estimate of drug-likeness (QED) is 0.781. The Labute approximate surface area is 113 Å². The normalized spacial score (nSPS) is 16.1. The Morgan fingerprint density at radius 3 is 2.79 bits per heavy atom. The molecule has 0 atom stereocenters. The minimum atomic E-state index is -0.714. The Balaban J connectivity index is 1.97. The molecule has 19 heavy (non-hydrogen) atoms. The molecule has 0 spiro atoms. The van der Waals surface area contributed by atoms with Crippen LogP contribution in [0, 0.1) is 0 Å². The predicted molar refractivity (Wildman–Crippen MR) is 65.3 cm³/mol. The molecule has 1 fully saturated rings. The first-order valence-electron chi connectivity index (χ1n) is 5.65. The van der Waals surface area contributed by atoms with Gasteiger partial charge in [-0.05, 0) is 12.8 Å². The molecule has 0 amide bonds. The number of methoxy groups -OCH3 is 1. The lowest BCUT2D eigenvalue weighted by Crippen LogP contribution is -2.29. The second-order valence-corrected chi connectivity index (χ2v) is 4.63. The lowest BCUT2D eigenvalue weighted by Gasteiger charge is -2.11. The third-order valence-corrected chi connectivity index (χ3v) is 3.39. The van der Waals surface area contributed by atoms with E-state index in [0.717, 1.165) is 0 Å². The van der Waals surface area contributed by atoms with Crippen molar-refractivity contribution < 1.29 is 9.53 Å². The molecule has 0 unspecified atom stereocenters. The third kappa shape index (κ3) is 1.86. The lowest BCUT2D eigenvalue weighted by molar-refractivity contribution is -0.146. The van der Waals surface area contributed by atoms with Crippen molar-refractivity contribution in [3.05, 3.63) is 23.7 Å². The van der Waals surface area contributed by atoms with Crippen molar-refractivity contribution in [2.45, 2.75) is 18.4 Å². The molecule has 0 aliphatic heterocycles. The standard InChI is InChI=1S/C11H10ClN5O2/c1-19-10(18)11(2-3-11)17-6-7(15-16-17)8-9(12)14-5-4-13-8/h4-6H,2-3H2,1H3. The van der Waals surface area contributed by atoms with E-state index in [-0.39, 0.29) is 11.1 Å². The third-order valence-electron chi connectivity index (χ3n) is 3.12. The monoisotopic (exact) mass is 279 g/mol. The van der Waals surface area contributed by atoms with Gasteiger partial charge >= 0.3 is 5.97 Å². The maximum absolute atomic E-state index is 11.7. The van der Waals surface area contributed by atoms with Crippen LogP contribution in [0.4, 0.5) is 0 Å². The van der Waals surface area contributed by atoms with E-state index in [4.69, 9.17) is 16.3 Å². The molecule has 7 nitrogen and oxygen atoms in total. The smallest absolute Gasteiger partial charge is 0.333 e. The fourth-order valence-corrected chi connectivity index (χ4v) is 2.11. The fourth-order valence-electron chi connectivity index (χ4n) is 1.91. The highest BCUT2D eigenvalue weighted by molar-refractivity contribution is 6.31. The summed E-state index contributed by atoms with van der Waals surface area (Å²) in [5.74, 6) is -0.311. The van der Waals surface area contributed by atoms with Crippen LogP contribution in [0.15, 0.2) is 18.6 Å². The number of hydrogen-bond acceptors (Lipinski definition) is 6. The van der Waals surface area contributed by atoms with Crippen molar-refractivity contribution >= 4 is 17.6 Å². The topological polar surface area (TPSA) is 82.8 Å². The number of halogens is 1. The number of esters is 1. The second kappa shape index (κ2) is 4.27. The zero-order chi connectivity index (χ0) is 13.5. The summed E-state index contributed by atoms with van der Waals surface area (Å²) < 4.78 is 6.30. The van der Waals surface area contributed by atoms with Gasteiger partial charge in [0, 0.05) is 12.4 Å². The molecule has 0 aromatic carbocycles. The molecular formula is C11H10ClN5O2. The van der Waals surface area contributed by atoms with Crippen molar-refractivity contribution in [2.75, 3.05) is 7.11 Å². The highest BCUT2D eigenvalue weighted by Crippen LogP contribution is 2.44. The summed E-state index contributed by atoms with van der Waals surface area (Å²) in [5.41, 5.74) is 0.207. The van der Waals surface area contributed by atoms with Gasteiger partial charge in [-0.1, -0.05) is 16.8 Å². The van der Waals surface area contributed by atoms with E-state index in [1.54, 1.807) is 6.20 Å². The summed E-state index contributed by atoms with van der Waals surface area (Å²) in [6, 6.07) is 0. The highest BCUT2D eigenvalue weighted by atomic mass is 35.5. The summed E-state index contributed by atoms with van der Waals surface area (Å²) in [7, 11) is 1.36. The number of carbonyl (C=O) groups is 1. The summed E-state index contributed by atoms with van der Waals surface area (Å²) >= 11 is 5.95. The van der Waals surface area contributed by atoms with Crippen LogP contribution >= 0.6 is 11.6 Å². The van der Waals surface area contributed by atoms with Gasteiger partial charge in [0.2, 0.25) is 0 Å². The van der Waals surface area contributed by atoms with Crippen molar-refractivity contribution in [3.8, 4) is 11.4 Å². The fraction of sp³-hybridized carbons (Fsp3) is 0.364. The zero-order valence-electron chi connectivity index (χ0n) is 10.1. The minimum Gasteiger partial charge on any atom is -0.467 e. The summed E-state index contributed by atoms with van der Waals surface area (Å²) in [6.07, 6.45) is 6.04. The van der Waals surface area contributed by atoms with E-state index in [9.17, 15) is 4.79 Å². The predicted octanol–water partition coefficient (Wildman–Crippen LogP) is 1.05. The van der Waals surface area contributed by atoms with Crippen molar-refractivity contribution in [1.82, 2.24) is 25.0 Å². The molecule has 0 bridgehead atoms. The number of ether oxygens (including phenoxy) is 1. The van der Waals surface area contributed by atoms with Gasteiger partial charge in [0.25, 0.3) is 0 Å². The van der Waals surface area contributed by atoms with E-state index in [1.807, 2.05) is 0 Å². The van der Waals surface area contributed by atoms with Crippen LogP contribution in [0.5, 0.6) is 0 Å². The molecule has 1 saturated carbocycles. The van der Waals surface area contributed by atoms with E-state index >= 15 is 0 Å². The molecule has 0 radical (unpaired) electrons. The summed E-state index contributed by atoms with van der Waals surface area (Å²) in [4.78, 5) is 19.8. The molecule has 98 valence electrons. The van der Waals surface area contributed by atoms with Crippen molar-refractivity contribution in [2.24, 2.45) is 0 Å². The zero-order valence-corrected chi connectivity index (χ0v) is 10.8. The molecule has 1 aliphatic carbocycles. The molecule has 0 saturated heterocycles.